The smallest absolute Gasteiger partial charge is 0.408 e. The Bertz CT molecular complexity index is 1670. The number of hydrogen-bond acceptors (Lipinski definition) is 6. The first-order valence-electron chi connectivity index (χ1n) is 14.8. The Morgan fingerprint density at radius 2 is 1.33 bits per heavy atom. The molecule has 0 aliphatic rings. The van der Waals surface area contributed by atoms with Gasteiger partial charge in [0.2, 0.25) is 11.8 Å². The number of fused-ring (bicyclic) bond motifs is 1. The van der Waals surface area contributed by atoms with Crippen LogP contribution in [0.5, 0.6) is 0 Å². The lowest BCUT2D eigenvalue weighted by Gasteiger charge is -2.26. The zero-order chi connectivity index (χ0) is 33.3. The van der Waals surface area contributed by atoms with Crippen LogP contribution in [-0.2, 0) is 38.4 Å². The number of amides is 3. The monoisotopic (exact) mass is 644 g/mol. The number of rotatable bonds is 12. The second kappa shape index (κ2) is 15.4. The maximum atomic E-state index is 13.9. The highest BCUT2D eigenvalue weighted by atomic mass is 35.5. The minimum Gasteiger partial charge on any atom is -0.480 e. The molecule has 4 aromatic rings. The molecule has 0 spiro atoms. The van der Waals surface area contributed by atoms with Gasteiger partial charge < -0.3 is 25.8 Å². The summed E-state index contributed by atoms with van der Waals surface area (Å²) in [6.45, 7) is 5.13. The molecule has 1 heterocycles. The Morgan fingerprint density at radius 3 is 1.96 bits per heavy atom. The van der Waals surface area contributed by atoms with Gasteiger partial charge in [-0.2, -0.15) is 0 Å². The van der Waals surface area contributed by atoms with E-state index in [0.29, 0.717) is 16.1 Å². The van der Waals surface area contributed by atoms with Gasteiger partial charge in [-0.15, -0.1) is 0 Å². The van der Waals surface area contributed by atoms with E-state index < -0.39 is 47.6 Å². The zero-order valence-electron chi connectivity index (χ0n) is 25.8. The molecule has 0 aliphatic heterocycles. The van der Waals surface area contributed by atoms with Crippen LogP contribution in [-0.4, -0.2) is 57.7 Å². The summed E-state index contributed by atoms with van der Waals surface area (Å²) in [5, 5.41) is 20.3. The molecule has 0 aliphatic carbocycles. The second-order valence-electron chi connectivity index (χ2n) is 11.9. The van der Waals surface area contributed by atoms with Gasteiger partial charge >= 0.3 is 12.1 Å². The third kappa shape index (κ3) is 10.3. The molecule has 46 heavy (non-hydrogen) atoms. The third-order valence-electron chi connectivity index (χ3n) is 7.02. The summed E-state index contributed by atoms with van der Waals surface area (Å²) in [5.41, 5.74) is 1.25. The molecule has 11 heteroatoms. The lowest BCUT2D eigenvalue weighted by Crippen LogP contribution is -2.57. The highest BCUT2D eigenvalue weighted by molar-refractivity contribution is 6.30. The van der Waals surface area contributed by atoms with Gasteiger partial charge in [0.1, 0.15) is 23.7 Å². The van der Waals surface area contributed by atoms with Crippen molar-refractivity contribution in [1.29, 1.82) is 0 Å². The van der Waals surface area contributed by atoms with Crippen LogP contribution in [0.25, 0.3) is 10.8 Å². The fourth-order valence-electron chi connectivity index (χ4n) is 4.83. The molecule has 240 valence electrons. The molecule has 0 radical (unpaired) electrons. The van der Waals surface area contributed by atoms with E-state index >= 15 is 0 Å². The number of hydrogen-bond donors (Lipinski definition) is 4. The molecular weight excluding hydrogens is 608 g/mol. The number of carbonyl (C=O) groups is 4. The van der Waals surface area contributed by atoms with E-state index in [4.69, 9.17) is 16.3 Å². The first-order valence-corrected chi connectivity index (χ1v) is 15.2. The first-order chi connectivity index (χ1) is 21.9. The van der Waals surface area contributed by atoms with Crippen LogP contribution in [0.2, 0.25) is 5.02 Å². The standard InChI is InChI=1S/C35H37ClN4O6/c1-35(2,3)46-34(45)40-29(19-23-10-13-25-8-4-5-9-26(25)17-23)32(42)38-28(18-22-11-14-27(36)15-12-22)31(41)39-30(33(43)44)20-24-7-6-16-37-21-24/h4-17,21,28-30H,18-20H2,1-3H3,(H,38,42)(H,39,41)(H,40,45)(H,43,44)/t28-,29-,30-/m1/s1. The molecule has 0 bridgehead atoms. The van der Waals surface area contributed by atoms with Crippen LogP contribution in [0.4, 0.5) is 4.79 Å². The molecule has 0 fully saturated rings. The van der Waals surface area contributed by atoms with Crippen LogP contribution in [0.1, 0.15) is 37.5 Å². The van der Waals surface area contributed by atoms with Crippen molar-refractivity contribution in [2.45, 2.75) is 63.8 Å². The Kier molecular flexibility index (Phi) is 11.3. The predicted molar refractivity (Wildman–Crippen MR) is 175 cm³/mol. The number of carboxylic acid groups (broad SMARTS) is 1. The van der Waals surface area contributed by atoms with Gasteiger partial charge in [0.15, 0.2) is 0 Å². The molecule has 0 unspecified atom stereocenters. The van der Waals surface area contributed by atoms with E-state index in [1.165, 1.54) is 6.20 Å². The Hall–Kier alpha value is -4.96. The third-order valence-corrected chi connectivity index (χ3v) is 7.28. The zero-order valence-corrected chi connectivity index (χ0v) is 26.6. The lowest BCUT2D eigenvalue weighted by molar-refractivity contribution is -0.142. The van der Waals surface area contributed by atoms with E-state index in [0.717, 1.165) is 16.3 Å². The SMILES string of the molecule is CC(C)(C)OC(=O)N[C@H](Cc1ccc2ccccc2c1)C(=O)N[C@H](Cc1ccc(Cl)cc1)C(=O)N[C@H](Cc1cccnc1)C(=O)O. The van der Waals surface area contributed by atoms with Gasteiger partial charge in [0.25, 0.3) is 0 Å². The highest BCUT2D eigenvalue weighted by Gasteiger charge is 2.31. The van der Waals surface area contributed by atoms with Crippen molar-refractivity contribution in [3.8, 4) is 0 Å². The number of nitrogens with one attached hydrogen (secondary N) is 3. The van der Waals surface area contributed by atoms with Gasteiger partial charge in [0.05, 0.1) is 0 Å². The largest absolute Gasteiger partial charge is 0.480 e. The highest BCUT2D eigenvalue weighted by Crippen LogP contribution is 2.18. The first kappa shape index (κ1) is 33.9. The quantitative estimate of drug-likeness (QED) is 0.172. The molecule has 4 N–H and O–H groups in total. The molecular formula is C35H37ClN4O6. The summed E-state index contributed by atoms with van der Waals surface area (Å²) in [6.07, 6.45) is 2.41. The van der Waals surface area contributed by atoms with Crippen LogP contribution in [0, 0.1) is 0 Å². The van der Waals surface area contributed by atoms with Crippen LogP contribution in [0.15, 0.2) is 91.3 Å². The van der Waals surface area contributed by atoms with Gasteiger partial charge in [-0.25, -0.2) is 9.59 Å². The number of ether oxygens (including phenoxy) is 1. The molecule has 0 saturated carbocycles. The van der Waals surface area contributed by atoms with Gasteiger partial charge in [-0.1, -0.05) is 72.3 Å². The van der Waals surface area contributed by atoms with E-state index in [9.17, 15) is 24.3 Å². The number of carbonyl (C=O) groups excluding carboxylic acids is 3. The topological polar surface area (TPSA) is 147 Å². The van der Waals surface area contributed by atoms with Gasteiger partial charge in [-0.05, 0) is 66.4 Å². The number of benzene rings is 3. The number of aromatic nitrogens is 1. The number of halogens is 1. The number of aliphatic carboxylic acids is 1. The molecule has 3 amide bonds. The number of alkyl carbamates (subject to hydrolysis) is 1. The number of pyridine rings is 1. The van der Waals surface area contributed by atoms with Gasteiger partial charge in [0, 0.05) is 36.7 Å². The van der Waals surface area contributed by atoms with Crippen molar-refractivity contribution in [2.75, 3.05) is 0 Å². The van der Waals surface area contributed by atoms with E-state index in [2.05, 4.69) is 20.9 Å². The van der Waals surface area contributed by atoms with Crippen molar-refractivity contribution in [3.05, 3.63) is 113 Å². The fourth-order valence-corrected chi connectivity index (χ4v) is 4.95. The Labute approximate surface area is 272 Å². The average Bonchev–Trinajstić information content (AvgIpc) is 3.00. The van der Waals surface area contributed by atoms with Crippen molar-refractivity contribution in [3.63, 3.8) is 0 Å². The molecule has 3 aromatic carbocycles. The molecule has 1 aromatic heterocycles. The van der Waals surface area contributed by atoms with Crippen molar-refractivity contribution in [2.24, 2.45) is 0 Å². The summed E-state index contributed by atoms with van der Waals surface area (Å²) in [6, 6.07) is 20.0. The average molecular weight is 645 g/mol. The number of carboxylic acids is 1. The van der Waals surface area contributed by atoms with Crippen molar-refractivity contribution < 1.29 is 29.0 Å². The van der Waals surface area contributed by atoms with Crippen molar-refractivity contribution >= 4 is 46.3 Å². The predicted octanol–water partition coefficient (Wildman–Crippen LogP) is 4.86. The van der Waals surface area contributed by atoms with E-state index in [1.54, 1.807) is 63.4 Å². The summed E-state index contributed by atoms with van der Waals surface area (Å²) >= 11 is 6.05. The minimum atomic E-state index is -1.28. The lowest BCUT2D eigenvalue weighted by atomic mass is 10.00. The summed E-state index contributed by atoms with van der Waals surface area (Å²) < 4.78 is 5.43. The fraction of sp³-hybridized carbons (Fsp3) is 0.286. The van der Waals surface area contributed by atoms with Crippen LogP contribution < -0.4 is 16.0 Å². The maximum Gasteiger partial charge on any atom is 0.408 e. The summed E-state index contributed by atoms with van der Waals surface area (Å²) in [7, 11) is 0. The normalized spacial score (nSPS) is 13.2. The van der Waals surface area contributed by atoms with Crippen LogP contribution >= 0.6 is 11.6 Å². The molecule has 4 rings (SSSR count). The molecule has 0 saturated heterocycles. The summed E-state index contributed by atoms with van der Waals surface area (Å²) in [4.78, 5) is 56.5. The van der Waals surface area contributed by atoms with E-state index in [-0.39, 0.29) is 19.3 Å². The van der Waals surface area contributed by atoms with E-state index in [1.807, 2.05) is 42.5 Å². The van der Waals surface area contributed by atoms with Gasteiger partial charge in [-0.3, -0.25) is 14.6 Å². The Morgan fingerprint density at radius 1 is 0.739 bits per heavy atom. The maximum absolute atomic E-state index is 13.9. The molecule has 3 atom stereocenters. The second-order valence-corrected chi connectivity index (χ2v) is 12.4. The Balaban J connectivity index is 1.60. The van der Waals surface area contributed by atoms with Crippen LogP contribution in [0.3, 0.4) is 0 Å². The molecule has 10 nitrogen and oxygen atoms in total. The minimum absolute atomic E-state index is 0.0126. The number of nitrogens with zero attached hydrogens (tertiary/aromatic N) is 1. The van der Waals surface area contributed by atoms with Crippen molar-refractivity contribution in [1.82, 2.24) is 20.9 Å². The summed E-state index contributed by atoms with van der Waals surface area (Å²) in [5.74, 6) is -2.59.